The molecule has 100 valence electrons. The number of ether oxygens (including phenoxy) is 1. The van der Waals surface area contributed by atoms with Crippen molar-refractivity contribution in [1.82, 2.24) is 5.32 Å². The van der Waals surface area contributed by atoms with Crippen LogP contribution < -0.4 is 10.1 Å². The van der Waals surface area contributed by atoms with Gasteiger partial charge >= 0.3 is 6.61 Å². The fourth-order valence-electron chi connectivity index (χ4n) is 1.88. The molecule has 0 fully saturated rings. The van der Waals surface area contributed by atoms with Crippen LogP contribution >= 0.6 is 0 Å². The van der Waals surface area contributed by atoms with E-state index in [9.17, 15) is 8.78 Å². The van der Waals surface area contributed by atoms with Crippen molar-refractivity contribution in [2.75, 3.05) is 0 Å². The van der Waals surface area contributed by atoms with Crippen molar-refractivity contribution in [2.24, 2.45) is 0 Å². The van der Waals surface area contributed by atoms with E-state index in [4.69, 9.17) is 0 Å². The Morgan fingerprint density at radius 2 is 2.00 bits per heavy atom. The summed E-state index contributed by atoms with van der Waals surface area (Å²) in [5, 5.41) is 3.31. The molecule has 1 aromatic rings. The van der Waals surface area contributed by atoms with Crippen LogP contribution in [-0.2, 0) is 0 Å². The van der Waals surface area contributed by atoms with Gasteiger partial charge in [-0.05, 0) is 26.3 Å². The van der Waals surface area contributed by atoms with Crippen LogP contribution in [0.1, 0.15) is 31.9 Å². The summed E-state index contributed by atoms with van der Waals surface area (Å²) in [6, 6.07) is 7.01. The Balaban J connectivity index is 2.77. The maximum absolute atomic E-state index is 12.3. The Kier molecular flexibility index (Phi) is 5.78. The van der Waals surface area contributed by atoms with Crippen molar-refractivity contribution in [2.45, 2.75) is 39.0 Å². The van der Waals surface area contributed by atoms with Gasteiger partial charge in [-0.2, -0.15) is 8.78 Å². The van der Waals surface area contributed by atoms with Crippen LogP contribution in [-0.4, -0.2) is 12.7 Å². The highest BCUT2D eigenvalue weighted by Crippen LogP contribution is 2.26. The van der Waals surface area contributed by atoms with E-state index < -0.39 is 6.61 Å². The van der Waals surface area contributed by atoms with Crippen molar-refractivity contribution in [3.63, 3.8) is 0 Å². The molecule has 2 unspecified atom stereocenters. The van der Waals surface area contributed by atoms with Crippen molar-refractivity contribution in [3.8, 4) is 5.75 Å². The van der Waals surface area contributed by atoms with Crippen LogP contribution in [0.15, 0.2) is 36.9 Å². The molecule has 0 bridgehead atoms. The summed E-state index contributed by atoms with van der Waals surface area (Å²) in [7, 11) is 0. The molecule has 0 radical (unpaired) electrons. The molecule has 0 aliphatic carbocycles. The van der Waals surface area contributed by atoms with E-state index in [1.165, 1.54) is 0 Å². The molecule has 0 saturated heterocycles. The zero-order chi connectivity index (χ0) is 13.5. The molecule has 0 amide bonds. The number of halogens is 2. The van der Waals surface area contributed by atoms with Crippen molar-refractivity contribution in [3.05, 3.63) is 42.5 Å². The second-order valence-electron chi connectivity index (χ2n) is 4.23. The average Bonchev–Trinajstić information content (AvgIpc) is 2.28. The number of hydrogen-bond donors (Lipinski definition) is 1. The summed E-state index contributed by atoms with van der Waals surface area (Å²) < 4.78 is 29.1. The van der Waals surface area contributed by atoms with Crippen LogP contribution in [0.2, 0.25) is 0 Å². The second-order valence-corrected chi connectivity index (χ2v) is 4.23. The Morgan fingerprint density at radius 3 is 2.61 bits per heavy atom. The maximum atomic E-state index is 12.3. The first-order valence-corrected chi connectivity index (χ1v) is 5.95. The molecule has 1 N–H and O–H groups in total. The zero-order valence-electron chi connectivity index (χ0n) is 10.7. The zero-order valence-corrected chi connectivity index (χ0v) is 10.7. The first-order chi connectivity index (χ1) is 8.54. The average molecular weight is 255 g/mol. The van der Waals surface area contributed by atoms with Crippen molar-refractivity contribution >= 4 is 0 Å². The van der Waals surface area contributed by atoms with E-state index in [0.717, 1.165) is 12.0 Å². The Labute approximate surface area is 107 Å². The minimum atomic E-state index is -2.80. The van der Waals surface area contributed by atoms with Crippen LogP contribution in [0.25, 0.3) is 0 Å². The number of benzene rings is 1. The Morgan fingerprint density at radius 1 is 1.33 bits per heavy atom. The maximum Gasteiger partial charge on any atom is 0.387 e. The largest absolute Gasteiger partial charge is 0.434 e. The Hall–Kier alpha value is -1.42. The van der Waals surface area contributed by atoms with Crippen LogP contribution in [0.4, 0.5) is 8.78 Å². The molecule has 1 rings (SSSR count). The lowest BCUT2D eigenvalue weighted by atomic mass is 10.1. The fraction of sp³-hybridized carbons (Fsp3) is 0.429. The molecule has 2 atom stereocenters. The molecule has 0 saturated carbocycles. The van der Waals surface area contributed by atoms with Crippen molar-refractivity contribution < 1.29 is 13.5 Å². The standard InChI is InChI=1S/C14H19F2NO/c1-4-7-10(2)17-11(3)12-8-5-6-9-13(12)18-14(15)16/h4-6,8-11,14,17H,1,7H2,2-3H3. The van der Waals surface area contributed by atoms with Gasteiger partial charge in [0.25, 0.3) is 0 Å². The van der Waals surface area contributed by atoms with E-state index in [1.807, 2.05) is 26.0 Å². The molecule has 2 nitrogen and oxygen atoms in total. The summed E-state index contributed by atoms with van der Waals surface area (Å²) in [6.45, 7) is 4.82. The molecular formula is C14H19F2NO. The summed E-state index contributed by atoms with van der Waals surface area (Å²) in [4.78, 5) is 0. The third-order valence-corrected chi connectivity index (χ3v) is 2.66. The third-order valence-electron chi connectivity index (χ3n) is 2.66. The van der Waals surface area contributed by atoms with E-state index in [2.05, 4.69) is 16.6 Å². The second kappa shape index (κ2) is 7.11. The summed E-state index contributed by atoms with van der Waals surface area (Å²) in [5.41, 5.74) is 0.730. The normalized spacial score (nSPS) is 14.3. The minimum Gasteiger partial charge on any atom is -0.434 e. The molecular weight excluding hydrogens is 236 g/mol. The van der Waals surface area contributed by atoms with Gasteiger partial charge < -0.3 is 10.1 Å². The highest BCUT2D eigenvalue weighted by Gasteiger charge is 2.15. The van der Waals surface area contributed by atoms with Crippen LogP contribution in [0.5, 0.6) is 5.75 Å². The Bertz CT molecular complexity index is 382. The number of alkyl halides is 2. The van der Waals surface area contributed by atoms with E-state index in [1.54, 1.807) is 18.2 Å². The van der Waals surface area contributed by atoms with Gasteiger partial charge in [0.15, 0.2) is 0 Å². The molecule has 0 aliphatic heterocycles. The lowest BCUT2D eigenvalue weighted by molar-refractivity contribution is -0.0506. The topological polar surface area (TPSA) is 21.3 Å². The van der Waals surface area contributed by atoms with Gasteiger partial charge in [-0.1, -0.05) is 24.3 Å². The van der Waals surface area contributed by atoms with E-state index in [-0.39, 0.29) is 17.8 Å². The monoisotopic (exact) mass is 255 g/mol. The predicted molar refractivity (Wildman–Crippen MR) is 68.9 cm³/mol. The molecule has 0 aromatic heterocycles. The fourth-order valence-corrected chi connectivity index (χ4v) is 1.88. The van der Waals surface area contributed by atoms with Gasteiger partial charge in [0.1, 0.15) is 5.75 Å². The summed E-state index contributed by atoms with van der Waals surface area (Å²) in [6.07, 6.45) is 2.65. The van der Waals surface area contributed by atoms with Gasteiger partial charge in [-0.3, -0.25) is 0 Å². The number of hydrogen-bond acceptors (Lipinski definition) is 2. The van der Waals surface area contributed by atoms with Crippen LogP contribution in [0.3, 0.4) is 0 Å². The smallest absolute Gasteiger partial charge is 0.387 e. The number of para-hydroxylation sites is 1. The first-order valence-electron chi connectivity index (χ1n) is 5.95. The minimum absolute atomic E-state index is 0.0603. The van der Waals surface area contributed by atoms with E-state index in [0.29, 0.717) is 0 Å². The van der Waals surface area contributed by atoms with Gasteiger partial charge in [-0.15, -0.1) is 6.58 Å². The van der Waals surface area contributed by atoms with Crippen molar-refractivity contribution in [1.29, 1.82) is 0 Å². The first kappa shape index (κ1) is 14.6. The molecule has 4 heteroatoms. The molecule has 0 spiro atoms. The number of nitrogens with one attached hydrogen (secondary N) is 1. The molecule has 18 heavy (non-hydrogen) atoms. The van der Waals surface area contributed by atoms with Gasteiger partial charge in [0.2, 0.25) is 0 Å². The highest BCUT2D eigenvalue weighted by atomic mass is 19.3. The molecule has 0 heterocycles. The SMILES string of the molecule is C=CCC(C)NC(C)c1ccccc1OC(F)F. The van der Waals surface area contributed by atoms with E-state index >= 15 is 0 Å². The number of rotatable bonds is 7. The van der Waals surface area contributed by atoms with Gasteiger partial charge in [0.05, 0.1) is 0 Å². The quantitative estimate of drug-likeness (QED) is 0.746. The lowest BCUT2D eigenvalue weighted by Gasteiger charge is -2.21. The summed E-state index contributed by atoms with van der Waals surface area (Å²) in [5.74, 6) is 0.221. The highest BCUT2D eigenvalue weighted by molar-refractivity contribution is 5.35. The van der Waals surface area contributed by atoms with Crippen LogP contribution in [0, 0.1) is 0 Å². The van der Waals surface area contributed by atoms with Gasteiger partial charge in [0, 0.05) is 17.6 Å². The van der Waals surface area contributed by atoms with Gasteiger partial charge in [-0.25, -0.2) is 0 Å². The lowest BCUT2D eigenvalue weighted by Crippen LogP contribution is -2.28. The molecule has 0 aliphatic rings. The molecule has 1 aromatic carbocycles. The predicted octanol–water partition coefficient (Wildman–Crippen LogP) is 3.90. The third kappa shape index (κ3) is 4.45. The summed E-state index contributed by atoms with van der Waals surface area (Å²) >= 11 is 0.